The SMILES string of the molecule is Cc1ccc(S(=O)(=O)NCc2cn3c(n2)CCCC3)c2cccnc12. The zero-order chi connectivity index (χ0) is 17.4. The predicted molar refractivity (Wildman–Crippen MR) is 95.7 cm³/mol. The van der Waals surface area contributed by atoms with Gasteiger partial charge >= 0.3 is 0 Å². The Morgan fingerprint density at radius 3 is 2.96 bits per heavy atom. The molecule has 7 heteroatoms. The number of aryl methyl sites for hydroxylation is 3. The third kappa shape index (κ3) is 3.05. The molecule has 25 heavy (non-hydrogen) atoms. The van der Waals surface area contributed by atoms with Gasteiger partial charge in [-0.15, -0.1) is 0 Å². The first kappa shape index (κ1) is 16.2. The van der Waals surface area contributed by atoms with E-state index in [-0.39, 0.29) is 11.4 Å². The lowest BCUT2D eigenvalue weighted by atomic mass is 10.1. The molecule has 1 N–H and O–H groups in total. The van der Waals surface area contributed by atoms with E-state index in [1.807, 2.05) is 13.1 Å². The van der Waals surface area contributed by atoms with Crippen LogP contribution < -0.4 is 4.72 Å². The van der Waals surface area contributed by atoms with Gasteiger partial charge in [-0.3, -0.25) is 4.98 Å². The molecule has 0 spiro atoms. The second-order valence-electron chi connectivity index (χ2n) is 6.40. The minimum atomic E-state index is -3.64. The number of pyridine rings is 1. The van der Waals surface area contributed by atoms with Crippen molar-refractivity contribution in [3.05, 3.63) is 53.7 Å². The Morgan fingerprint density at radius 1 is 1.24 bits per heavy atom. The molecule has 1 aliphatic rings. The van der Waals surface area contributed by atoms with Gasteiger partial charge in [0.05, 0.1) is 22.7 Å². The highest BCUT2D eigenvalue weighted by atomic mass is 32.2. The highest BCUT2D eigenvalue weighted by molar-refractivity contribution is 7.89. The Kier molecular flexibility index (Phi) is 4.05. The van der Waals surface area contributed by atoms with Crippen LogP contribution in [0.5, 0.6) is 0 Å². The Labute approximate surface area is 147 Å². The first-order valence-corrected chi connectivity index (χ1v) is 9.92. The summed E-state index contributed by atoms with van der Waals surface area (Å²) in [6, 6.07) is 6.97. The highest BCUT2D eigenvalue weighted by Gasteiger charge is 2.19. The molecule has 0 radical (unpaired) electrons. The number of sulfonamides is 1. The van der Waals surface area contributed by atoms with E-state index in [4.69, 9.17) is 0 Å². The Bertz CT molecular complexity index is 1020. The number of imidazole rings is 1. The number of rotatable bonds is 4. The van der Waals surface area contributed by atoms with Crippen molar-refractivity contribution in [2.24, 2.45) is 0 Å². The van der Waals surface area contributed by atoms with Crippen LogP contribution in [-0.2, 0) is 29.5 Å². The number of hydrogen-bond donors (Lipinski definition) is 1. The van der Waals surface area contributed by atoms with Crippen molar-refractivity contribution in [2.75, 3.05) is 0 Å². The van der Waals surface area contributed by atoms with Gasteiger partial charge in [-0.2, -0.15) is 0 Å². The molecule has 1 aromatic carbocycles. The summed E-state index contributed by atoms with van der Waals surface area (Å²) in [5.74, 6) is 1.05. The molecule has 2 aromatic heterocycles. The summed E-state index contributed by atoms with van der Waals surface area (Å²) in [4.78, 5) is 9.11. The van der Waals surface area contributed by atoms with Gasteiger partial charge < -0.3 is 4.57 Å². The molecule has 3 aromatic rings. The summed E-state index contributed by atoms with van der Waals surface area (Å²) in [6.07, 6.45) is 6.88. The van der Waals surface area contributed by atoms with Crippen molar-refractivity contribution in [3.63, 3.8) is 0 Å². The molecule has 0 aliphatic carbocycles. The lowest BCUT2D eigenvalue weighted by molar-refractivity contribution is 0.522. The maximum Gasteiger partial charge on any atom is 0.241 e. The summed E-state index contributed by atoms with van der Waals surface area (Å²) in [6.45, 7) is 3.08. The number of nitrogens with zero attached hydrogens (tertiary/aromatic N) is 3. The van der Waals surface area contributed by atoms with Crippen molar-refractivity contribution in [1.29, 1.82) is 0 Å². The van der Waals surface area contributed by atoms with E-state index in [1.54, 1.807) is 30.5 Å². The Hall–Kier alpha value is -2.25. The molecular weight excluding hydrogens is 336 g/mol. The number of nitrogens with one attached hydrogen (secondary N) is 1. The first-order chi connectivity index (χ1) is 12.0. The molecule has 1 aliphatic heterocycles. The lowest BCUT2D eigenvalue weighted by Crippen LogP contribution is -2.23. The van der Waals surface area contributed by atoms with E-state index < -0.39 is 10.0 Å². The van der Waals surface area contributed by atoms with Crippen LogP contribution in [0.4, 0.5) is 0 Å². The van der Waals surface area contributed by atoms with Gasteiger partial charge in [0, 0.05) is 30.7 Å². The van der Waals surface area contributed by atoms with Gasteiger partial charge in [-0.05, 0) is 43.5 Å². The fourth-order valence-electron chi connectivity index (χ4n) is 3.33. The van der Waals surface area contributed by atoms with E-state index in [0.29, 0.717) is 10.9 Å². The molecule has 0 saturated heterocycles. The quantitative estimate of drug-likeness (QED) is 0.779. The average Bonchev–Trinajstić information content (AvgIpc) is 3.03. The molecule has 130 valence electrons. The van der Waals surface area contributed by atoms with Gasteiger partial charge in [0.15, 0.2) is 0 Å². The zero-order valence-corrected chi connectivity index (χ0v) is 14.9. The molecule has 0 unspecified atom stereocenters. The van der Waals surface area contributed by atoms with Gasteiger partial charge in [0.25, 0.3) is 0 Å². The molecule has 0 amide bonds. The molecule has 6 nitrogen and oxygen atoms in total. The van der Waals surface area contributed by atoms with E-state index in [1.165, 1.54) is 0 Å². The molecule has 0 atom stereocenters. The van der Waals surface area contributed by atoms with Crippen LogP contribution in [0.25, 0.3) is 10.9 Å². The maximum atomic E-state index is 12.8. The molecule has 0 fully saturated rings. The van der Waals surface area contributed by atoms with Crippen LogP contribution in [0.15, 0.2) is 41.6 Å². The largest absolute Gasteiger partial charge is 0.335 e. The maximum absolute atomic E-state index is 12.8. The third-order valence-electron chi connectivity index (χ3n) is 4.62. The average molecular weight is 356 g/mol. The summed E-state index contributed by atoms with van der Waals surface area (Å²) in [7, 11) is -3.64. The number of fused-ring (bicyclic) bond motifs is 2. The van der Waals surface area contributed by atoms with Gasteiger partial charge in [-0.25, -0.2) is 18.1 Å². The van der Waals surface area contributed by atoms with Crippen LogP contribution in [0.2, 0.25) is 0 Å². The minimum absolute atomic E-state index is 0.192. The normalized spacial score (nSPS) is 14.6. The zero-order valence-electron chi connectivity index (χ0n) is 14.1. The van der Waals surface area contributed by atoms with E-state index in [2.05, 4.69) is 19.3 Å². The summed E-state index contributed by atoms with van der Waals surface area (Å²) in [5.41, 5.74) is 2.43. The molecule has 3 heterocycles. The molecule has 0 saturated carbocycles. The van der Waals surface area contributed by atoms with E-state index in [0.717, 1.165) is 42.9 Å². The third-order valence-corrected chi connectivity index (χ3v) is 6.08. The number of benzene rings is 1. The molecular formula is C18H20N4O2S. The topological polar surface area (TPSA) is 76.9 Å². The van der Waals surface area contributed by atoms with Crippen LogP contribution in [0.3, 0.4) is 0 Å². The summed E-state index contributed by atoms with van der Waals surface area (Å²) < 4.78 is 30.4. The van der Waals surface area contributed by atoms with Gasteiger partial charge in [0.1, 0.15) is 5.82 Å². The number of hydrogen-bond acceptors (Lipinski definition) is 4. The van der Waals surface area contributed by atoms with Gasteiger partial charge in [0.2, 0.25) is 10.0 Å². The standard InChI is InChI=1S/C18H20N4O2S/c1-13-7-8-16(15-5-4-9-19-18(13)15)25(23,24)20-11-14-12-22-10-3-2-6-17(22)21-14/h4-5,7-9,12,20H,2-3,6,10-11H2,1H3. The molecule has 0 bridgehead atoms. The number of aromatic nitrogens is 3. The van der Waals surface area contributed by atoms with Crippen molar-refractivity contribution in [2.45, 2.75) is 44.2 Å². The van der Waals surface area contributed by atoms with Crippen LogP contribution in [-0.4, -0.2) is 23.0 Å². The Balaban J connectivity index is 1.62. The first-order valence-electron chi connectivity index (χ1n) is 8.43. The van der Waals surface area contributed by atoms with Crippen LogP contribution >= 0.6 is 0 Å². The second-order valence-corrected chi connectivity index (χ2v) is 8.14. The smallest absolute Gasteiger partial charge is 0.241 e. The van der Waals surface area contributed by atoms with Crippen molar-refractivity contribution in [1.82, 2.24) is 19.3 Å². The lowest BCUT2D eigenvalue weighted by Gasteiger charge is -2.11. The monoisotopic (exact) mass is 356 g/mol. The van der Waals surface area contributed by atoms with Crippen molar-refractivity contribution < 1.29 is 8.42 Å². The molecule has 4 rings (SSSR count). The summed E-state index contributed by atoms with van der Waals surface area (Å²) >= 11 is 0. The fraction of sp³-hybridized carbons (Fsp3) is 0.333. The van der Waals surface area contributed by atoms with Crippen molar-refractivity contribution in [3.8, 4) is 0 Å². The summed E-state index contributed by atoms with van der Waals surface area (Å²) in [5, 5.41) is 0.638. The Morgan fingerprint density at radius 2 is 2.12 bits per heavy atom. The van der Waals surface area contributed by atoms with Crippen molar-refractivity contribution >= 4 is 20.9 Å². The van der Waals surface area contributed by atoms with Crippen LogP contribution in [0.1, 0.15) is 29.9 Å². The van der Waals surface area contributed by atoms with E-state index >= 15 is 0 Å². The van der Waals surface area contributed by atoms with E-state index in [9.17, 15) is 8.42 Å². The fourth-order valence-corrected chi connectivity index (χ4v) is 4.52. The minimum Gasteiger partial charge on any atom is -0.335 e. The second kappa shape index (κ2) is 6.24. The van der Waals surface area contributed by atoms with Gasteiger partial charge in [-0.1, -0.05) is 6.07 Å². The van der Waals surface area contributed by atoms with Crippen LogP contribution in [0, 0.1) is 6.92 Å². The highest BCUT2D eigenvalue weighted by Crippen LogP contribution is 2.24. The predicted octanol–water partition coefficient (Wildman–Crippen LogP) is 2.55.